The highest BCUT2D eigenvalue weighted by Gasteiger charge is 2.39. The molecule has 2 aliphatic rings. The highest BCUT2D eigenvalue weighted by atomic mass is 19.1. The van der Waals surface area contributed by atoms with Gasteiger partial charge in [-0.1, -0.05) is 18.2 Å². The Morgan fingerprint density at radius 1 is 1.24 bits per heavy atom. The maximum absolute atomic E-state index is 13.6. The second-order valence-corrected chi connectivity index (χ2v) is 6.04. The largest absolute Gasteiger partial charge is 0.348 e. The number of fused-ring (bicyclic) bond motifs is 3. The first kappa shape index (κ1) is 12.8. The van der Waals surface area contributed by atoms with Crippen LogP contribution in [0.3, 0.4) is 0 Å². The van der Waals surface area contributed by atoms with Crippen LogP contribution < -0.4 is 10.6 Å². The number of nitrogens with one attached hydrogen (secondary N) is 2. The van der Waals surface area contributed by atoms with E-state index in [1.165, 1.54) is 12.5 Å². The van der Waals surface area contributed by atoms with Crippen LogP contribution in [0.15, 0.2) is 36.4 Å². The summed E-state index contributed by atoms with van der Waals surface area (Å²) in [6, 6.07) is 11.3. The van der Waals surface area contributed by atoms with E-state index in [0.29, 0.717) is 23.0 Å². The fourth-order valence-electron chi connectivity index (χ4n) is 3.62. The molecule has 4 rings (SSSR count). The first-order chi connectivity index (χ1) is 10.2. The Balaban J connectivity index is 1.57. The zero-order chi connectivity index (χ0) is 14.4. The van der Waals surface area contributed by atoms with Crippen molar-refractivity contribution >= 4 is 16.7 Å². The van der Waals surface area contributed by atoms with Crippen LogP contribution in [0.5, 0.6) is 0 Å². The third kappa shape index (κ3) is 2.20. The van der Waals surface area contributed by atoms with Gasteiger partial charge in [-0.3, -0.25) is 4.79 Å². The molecule has 0 unspecified atom stereocenters. The molecule has 2 heterocycles. The average Bonchev–Trinajstić information content (AvgIpc) is 3.09. The lowest BCUT2D eigenvalue weighted by atomic mass is 9.95. The summed E-state index contributed by atoms with van der Waals surface area (Å²) in [4.78, 5) is 12.4. The summed E-state index contributed by atoms with van der Waals surface area (Å²) in [6.07, 6.45) is 3.36. The van der Waals surface area contributed by atoms with Crippen LogP contribution in [-0.4, -0.2) is 24.0 Å². The number of hydrogen-bond donors (Lipinski definition) is 2. The van der Waals surface area contributed by atoms with Gasteiger partial charge in [-0.15, -0.1) is 0 Å². The zero-order valence-electron chi connectivity index (χ0n) is 11.6. The van der Waals surface area contributed by atoms with Gasteiger partial charge < -0.3 is 10.6 Å². The molecule has 1 amide bonds. The van der Waals surface area contributed by atoms with Gasteiger partial charge in [-0.2, -0.15) is 0 Å². The summed E-state index contributed by atoms with van der Waals surface area (Å²) in [5.41, 5.74) is 0.593. The minimum absolute atomic E-state index is 0.0690. The molecule has 0 aromatic heterocycles. The Morgan fingerprint density at radius 2 is 2.14 bits per heavy atom. The van der Waals surface area contributed by atoms with Gasteiger partial charge in [-0.05, 0) is 42.8 Å². The number of hydrogen-bond acceptors (Lipinski definition) is 2. The van der Waals surface area contributed by atoms with Gasteiger partial charge in [0, 0.05) is 29.1 Å². The minimum atomic E-state index is -0.253. The number of benzene rings is 2. The molecule has 2 fully saturated rings. The van der Waals surface area contributed by atoms with Gasteiger partial charge in [0.05, 0.1) is 0 Å². The summed E-state index contributed by atoms with van der Waals surface area (Å²) in [5, 5.41) is 7.93. The lowest BCUT2D eigenvalue weighted by Gasteiger charge is -2.21. The highest BCUT2D eigenvalue weighted by molar-refractivity contribution is 5.98. The van der Waals surface area contributed by atoms with Crippen molar-refractivity contribution in [1.82, 2.24) is 10.6 Å². The number of halogens is 1. The molecule has 0 spiro atoms. The van der Waals surface area contributed by atoms with Crippen LogP contribution in [0.25, 0.3) is 10.8 Å². The molecule has 2 N–H and O–H groups in total. The average molecular weight is 284 g/mol. The number of rotatable bonds is 2. The summed E-state index contributed by atoms with van der Waals surface area (Å²) in [5.74, 6) is -0.322. The topological polar surface area (TPSA) is 41.1 Å². The van der Waals surface area contributed by atoms with Crippen molar-refractivity contribution in [3.63, 3.8) is 0 Å². The molecule has 21 heavy (non-hydrogen) atoms. The van der Waals surface area contributed by atoms with Crippen LogP contribution in [0.1, 0.15) is 29.6 Å². The van der Waals surface area contributed by atoms with Gasteiger partial charge in [0.2, 0.25) is 0 Å². The molecule has 3 atom stereocenters. The third-order valence-corrected chi connectivity index (χ3v) is 4.71. The van der Waals surface area contributed by atoms with Crippen molar-refractivity contribution in [2.24, 2.45) is 0 Å². The molecule has 0 radical (unpaired) electrons. The van der Waals surface area contributed by atoms with Crippen molar-refractivity contribution in [3.8, 4) is 0 Å². The van der Waals surface area contributed by atoms with Gasteiger partial charge in [0.25, 0.3) is 5.91 Å². The fraction of sp³-hybridized carbons (Fsp3) is 0.353. The Bertz CT molecular complexity index is 715. The molecule has 2 bridgehead atoms. The first-order valence-corrected chi connectivity index (χ1v) is 7.46. The van der Waals surface area contributed by atoms with E-state index >= 15 is 0 Å². The predicted octanol–water partition coefficient (Wildman–Crippen LogP) is 2.60. The predicted molar refractivity (Wildman–Crippen MR) is 79.7 cm³/mol. The van der Waals surface area contributed by atoms with Gasteiger partial charge >= 0.3 is 0 Å². The molecule has 0 aliphatic carbocycles. The first-order valence-electron chi connectivity index (χ1n) is 7.46. The molecule has 108 valence electrons. The summed E-state index contributed by atoms with van der Waals surface area (Å²) in [7, 11) is 0. The Hall–Kier alpha value is -1.94. The zero-order valence-corrected chi connectivity index (χ0v) is 11.6. The number of carbonyl (C=O) groups excluding carboxylic acids is 1. The molecular weight excluding hydrogens is 267 g/mol. The van der Waals surface area contributed by atoms with Crippen LogP contribution in [0.4, 0.5) is 4.39 Å². The molecule has 4 heteroatoms. The van der Waals surface area contributed by atoms with Crippen LogP contribution in [0.2, 0.25) is 0 Å². The van der Waals surface area contributed by atoms with Crippen LogP contribution in [-0.2, 0) is 0 Å². The Kier molecular flexibility index (Phi) is 2.93. The van der Waals surface area contributed by atoms with Crippen molar-refractivity contribution < 1.29 is 9.18 Å². The van der Waals surface area contributed by atoms with E-state index in [1.54, 1.807) is 24.3 Å². The van der Waals surface area contributed by atoms with Crippen molar-refractivity contribution in [3.05, 3.63) is 47.8 Å². The fourth-order valence-corrected chi connectivity index (χ4v) is 3.62. The standard InChI is InChI=1S/C17H17FN2O/c18-14-3-1-2-10-8-11(4-6-13(10)14)17(21)20-16-9-12-5-7-15(16)19-12/h1-4,6,8,12,15-16,19H,5,7,9H2,(H,20,21)/t12-,15+,16-/m1/s1. The van der Waals surface area contributed by atoms with Crippen molar-refractivity contribution in [1.29, 1.82) is 0 Å². The maximum atomic E-state index is 13.6. The smallest absolute Gasteiger partial charge is 0.251 e. The van der Waals surface area contributed by atoms with E-state index in [4.69, 9.17) is 0 Å². The van der Waals surface area contributed by atoms with E-state index < -0.39 is 0 Å². The summed E-state index contributed by atoms with van der Waals surface area (Å²) in [6.45, 7) is 0. The van der Waals surface area contributed by atoms with Crippen molar-refractivity contribution in [2.75, 3.05) is 0 Å². The lowest BCUT2D eigenvalue weighted by molar-refractivity contribution is 0.0931. The summed E-state index contributed by atoms with van der Waals surface area (Å²) < 4.78 is 13.6. The normalized spacial score (nSPS) is 27.2. The van der Waals surface area contributed by atoms with Crippen molar-refractivity contribution in [2.45, 2.75) is 37.4 Å². The van der Waals surface area contributed by atoms with Gasteiger partial charge in [-0.25, -0.2) is 4.39 Å². The van der Waals surface area contributed by atoms with E-state index in [2.05, 4.69) is 10.6 Å². The second kappa shape index (κ2) is 4.81. The maximum Gasteiger partial charge on any atom is 0.251 e. The molecule has 2 aromatic rings. The van der Waals surface area contributed by atoms with Gasteiger partial charge in [0.1, 0.15) is 5.82 Å². The Labute approximate surface area is 122 Å². The molecule has 2 aromatic carbocycles. The number of amides is 1. The second-order valence-electron chi connectivity index (χ2n) is 6.04. The van der Waals surface area contributed by atoms with Gasteiger partial charge in [0.15, 0.2) is 0 Å². The monoisotopic (exact) mass is 284 g/mol. The van der Waals surface area contributed by atoms with Crippen LogP contribution in [0, 0.1) is 5.82 Å². The molecule has 0 saturated carbocycles. The number of carbonyl (C=O) groups is 1. The van der Waals surface area contributed by atoms with E-state index in [-0.39, 0.29) is 17.8 Å². The van der Waals surface area contributed by atoms with E-state index in [0.717, 1.165) is 18.2 Å². The Morgan fingerprint density at radius 3 is 2.90 bits per heavy atom. The quantitative estimate of drug-likeness (QED) is 0.890. The molecule has 3 nitrogen and oxygen atoms in total. The van der Waals surface area contributed by atoms with Crippen LogP contribution >= 0.6 is 0 Å². The SMILES string of the molecule is O=C(N[C@@H]1C[C@H]2CC[C@@H]1N2)c1ccc2c(F)cccc2c1. The third-order valence-electron chi connectivity index (χ3n) is 4.71. The van der Waals surface area contributed by atoms with E-state index in [1.807, 2.05) is 6.07 Å². The molecular formula is C17H17FN2O. The van der Waals surface area contributed by atoms with E-state index in [9.17, 15) is 9.18 Å². The minimum Gasteiger partial charge on any atom is -0.348 e. The molecule has 2 saturated heterocycles. The molecule has 2 aliphatic heterocycles. The lowest BCUT2D eigenvalue weighted by Crippen LogP contribution is -2.42. The highest BCUT2D eigenvalue weighted by Crippen LogP contribution is 2.28. The summed E-state index contributed by atoms with van der Waals surface area (Å²) >= 11 is 0.